The second-order valence-electron chi connectivity index (χ2n) is 4.24. The highest BCUT2D eigenvalue weighted by Gasteiger charge is 2.18. The number of hydrogen-bond donors (Lipinski definition) is 0. The van der Waals surface area contributed by atoms with E-state index in [1.54, 1.807) is 12.1 Å². The lowest BCUT2D eigenvalue weighted by Gasteiger charge is -2.08. The summed E-state index contributed by atoms with van der Waals surface area (Å²) in [6.45, 7) is -0.00534. The van der Waals surface area contributed by atoms with Crippen molar-refractivity contribution in [3.63, 3.8) is 0 Å². The molecule has 2 aromatic carbocycles. The summed E-state index contributed by atoms with van der Waals surface area (Å²) in [6.07, 6.45) is 0. The smallest absolute Gasteiger partial charge is 0.339 e. The van der Waals surface area contributed by atoms with E-state index in [1.807, 2.05) is 0 Å². The molecule has 0 heterocycles. The zero-order valence-electron chi connectivity index (χ0n) is 11.3. The average Bonchev–Trinajstić information content (AvgIpc) is 2.53. The zero-order valence-corrected chi connectivity index (χ0v) is 11.3. The van der Waals surface area contributed by atoms with E-state index in [0.717, 1.165) is 0 Å². The maximum atomic E-state index is 12.8. The summed E-state index contributed by atoms with van der Waals surface area (Å²) in [6, 6.07) is 11.8. The van der Waals surface area contributed by atoms with Crippen molar-refractivity contribution < 1.29 is 23.5 Å². The molecule has 0 unspecified atom stereocenters. The molecule has 0 fully saturated rings. The van der Waals surface area contributed by atoms with Gasteiger partial charge in [0.1, 0.15) is 12.4 Å². The Morgan fingerprint density at radius 3 is 2.10 bits per heavy atom. The molecule has 0 aliphatic carbocycles. The van der Waals surface area contributed by atoms with E-state index in [0.29, 0.717) is 5.56 Å². The van der Waals surface area contributed by atoms with Crippen LogP contribution >= 0.6 is 0 Å². The van der Waals surface area contributed by atoms with Crippen molar-refractivity contribution in [2.75, 3.05) is 7.11 Å². The van der Waals surface area contributed by atoms with Gasteiger partial charge in [-0.1, -0.05) is 24.3 Å². The van der Waals surface area contributed by atoms with Crippen LogP contribution in [-0.4, -0.2) is 19.0 Å². The lowest BCUT2D eigenvalue weighted by atomic mass is 10.1. The van der Waals surface area contributed by atoms with Crippen molar-refractivity contribution in [3.05, 3.63) is 71.0 Å². The molecule has 4 nitrogen and oxygen atoms in total. The molecule has 0 spiro atoms. The van der Waals surface area contributed by atoms with Crippen molar-refractivity contribution in [2.45, 2.75) is 6.61 Å². The Labute approximate surface area is 121 Å². The highest BCUT2D eigenvalue weighted by Crippen LogP contribution is 2.13. The number of methoxy groups -OCH3 is 1. The molecule has 5 heteroatoms. The Morgan fingerprint density at radius 2 is 1.52 bits per heavy atom. The third-order valence-electron chi connectivity index (χ3n) is 2.84. The number of benzene rings is 2. The van der Waals surface area contributed by atoms with Gasteiger partial charge in [0.15, 0.2) is 0 Å². The molecule has 0 aromatic heterocycles. The lowest BCUT2D eigenvalue weighted by molar-refractivity contribution is 0.0457. The molecule has 0 radical (unpaired) electrons. The second kappa shape index (κ2) is 6.65. The number of rotatable bonds is 4. The van der Waals surface area contributed by atoms with E-state index in [1.165, 1.54) is 43.5 Å². The topological polar surface area (TPSA) is 52.6 Å². The predicted molar refractivity (Wildman–Crippen MR) is 73.3 cm³/mol. The number of hydrogen-bond acceptors (Lipinski definition) is 4. The van der Waals surface area contributed by atoms with Crippen LogP contribution in [0.25, 0.3) is 0 Å². The lowest BCUT2D eigenvalue weighted by Crippen LogP contribution is -2.12. The van der Waals surface area contributed by atoms with Crippen molar-refractivity contribution >= 4 is 11.9 Å². The Kier molecular flexibility index (Phi) is 4.66. The van der Waals surface area contributed by atoms with Crippen LogP contribution in [0.3, 0.4) is 0 Å². The molecule has 0 saturated carbocycles. The fraction of sp³-hybridized carbons (Fsp3) is 0.125. The van der Waals surface area contributed by atoms with Gasteiger partial charge in [0.25, 0.3) is 0 Å². The van der Waals surface area contributed by atoms with Crippen LogP contribution in [-0.2, 0) is 16.1 Å². The van der Waals surface area contributed by atoms with Crippen molar-refractivity contribution in [1.82, 2.24) is 0 Å². The van der Waals surface area contributed by atoms with Crippen LogP contribution in [0, 0.1) is 5.82 Å². The molecule has 0 N–H and O–H groups in total. The fourth-order valence-corrected chi connectivity index (χ4v) is 1.76. The SMILES string of the molecule is COC(=O)c1ccccc1C(=O)OCc1ccc(F)cc1. The third-order valence-corrected chi connectivity index (χ3v) is 2.84. The van der Waals surface area contributed by atoms with Crippen LogP contribution < -0.4 is 0 Å². The van der Waals surface area contributed by atoms with Gasteiger partial charge in [-0.2, -0.15) is 0 Å². The molecular formula is C16H13FO4. The van der Waals surface area contributed by atoms with Gasteiger partial charge in [-0.15, -0.1) is 0 Å². The van der Waals surface area contributed by atoms with Gasteiger partial charge in [0.05, 0.1) is 18.2 Å². The van der Waals surface area contributed by atoms with Crippen LogP contribution in [0.15, 0.2) is 48.5 Å². The minimum atomic E-state index is -0.639. The summed E-state index contributed by atoms with van der Waals surface area (Å²) in [7, 11) is 1.24. The minimum absolute atomic E-state index is 0.00534. The maximum absolute atomic E-state index is 12.8. The summed E-state index contributed by atoms with van der Waals surface area (Å²) in [5, 5.41) is 0. The zero-order chi connectivity index (χ0) is 15.2. The summed E-state index contributed by atoms with van der Waals surface area (Å²) in [5.41, 5.74) is 0.927. The van der Waals surface area contributed by atoms with E-state index >= 15 is 0 Å². The van der Waals surface area contributed by atoms with E-state index in [2.05, 4.69) is 4.74 Å². The summed E-state index contributed by atoms with van der Waals surface area (Å²) in [5.74, 6) is -1.61. The van der Waals surface area contributed by atoms with Gasteiger partial charge in [-0.25, -0.2) is 14.0 Å². The normalized spacial score (nSPS) is 10.0. The largest absolute Gasteiger partial charge is 0.465 e. The quantitative estimate of drug-likeness (QED) is 0.812. The number of carbonyl (C=O) groups is 2. The number of ether oxygens (including phenoxy) is 2. The van der Waals surface area contributed by atoms with Gasteiger partial charge < -0.3 is 9.47 Å². The molecular weight excluding hydrogens is 275 g/mol. The summed E-state index contributed by atoms with van der Waals surface area (Å²) >= 11 is 0. The van der Waals surface area contributed by atoms with E-state index < -0.39 is 11.9 Å². The Balaban J connectivity index is 2.10. The van der Waals surface area contributed by atoms with Crippen molar-refractivity contribution in [2.24, 2.45) is 0 Å². The van der Waals surface area contributed by atoms with Gasteiger partial charge >= 0.3 is 11.9 Å². The number of carbonyl (C=O) groups excluding carboxylic acids is 2. The van der Waals surface area contributed by atoms with E-state index in [4.69, 9.17) is 4.74 Å². The molecule has 0 aliphatic heterocycles. The Hall–Kier alpha value is -2.69. The average molecular weight is 288 g/mol. The molecule has 0 bridgehead atoms. The van der Waals surface area contributed by atoms with Gasteiger partial charge in [0, 0.05) is 0 Å². The molecule has 2 rings (SSSR count). The van der Waals surface area contributed by atoms with Crippen molar-refractivity contribution in [1.29, 1.82) is 0 Å². The first-order valence-corrected chi connectivity index (χ1v) is 6.20. The third kappa shape index (κ3) is 3.66. The summed E-state index contributed by atoms with van der Waals surface area (Å²) < 4.78 is 22.5. The van der Waals surface area contributed by atoms with Gasteiger partial charge in [0.2, 0.25) is 0 Å². The molecule has 0 atom stereocenters. The molecule has 108 valence electrons. The predicted octanol–water partition coefficient (Wildman–Crippen LogP) is 2.97. The monoisotopic (exact) mass is 288 g/mol. The summed E-state index contributed by atoms with van der Waals surface area (Å²) in [4.78, 5) is 23.6. The van der Waals surface area contributed by atoms with Crippen LogP contribution in [0.1, 0.15) is 26.3 Å². The second-order valence-corrected chi connectivity index (χ2v) is 4.24. The van der Waals surface area contributed by atoms with Gasteiger partial charge in [-0.05, 0) is 29.8 Å². The highest BCUT2D eigenvalue weighted by molar-refractivity contribution is 6.03. The van der Waals surface area contributed by atoms with Crippen LogP contribution in [0.2, 0.25) is 0 Å². The molecule has 0 aliphatic rings. The first kappa shape index (κ1) is 14.7. The first-order valence-electron chi connectivity index (χ1n) is 6.20. The van der Waals surface area contributed by atoms with Crippen molar-refractivity contribution in [3.8, 4) is 0 Å². The molecule has 0 saturated heterocycles. The Bertz CT molecular complexity index is 650. The number of esters is 2. The molecule has 0 amide bonds. The van der Waals surface area contributed by atoms with Gasteiger partial charge in [-0.3, -0.25) is 0 Å². The number of halogens is 1. The highest BCUT2D eigenvalue weighted by atomic mass is 19.1. The minimum Gasteiger partial charge on any atom is -0.465 e. The molecule has 2 aromatic rings. The fourth-order valence-electron chi connectivity index (χ4n) is 1.76. The first-order chi connectivity index (χ1) is 10.1. The van der Waals surface area contributed by atoms with Crippen LogP contribution in [0.5, 0.6) is 0 Å². The standard InChI is InChI=1S/C16H13FO4/c1-20-15(18)13-4-2-3-5-14(13)16(19)21-10-11-6-8-12(17)9-7-11/h2-9H,10H2,1H3. The molecule has 21 heavy (non-hydrogen) atoms. The van der Waals surface area contributed by atoms with Crippen LogP contribution in [0.4, 0.5) is 4.39 Å². The Morgan fingerprint density at radius 1 is 0.952 bits per heavy atom. The maximum Gasteiger partial charge on any atom is 0.339 e. The van der Waals surface area contributed by atoms with E-state index in [-0.39, 0.29) is 23.6 Å². The van der Waals surface area contributed by atoms with E-state index in [9.17, 15) is 14.0 Å².